The van der Waals surface area contributed by atoms with E-state index in [9.17, 15) is 4.79 Å². The van der Waals surface area contributed by atoms with E-state index in [0.717, 1.165) is 4.34 Å². The van der Waals surface area contributed by atoms with Crippen LogP contribution in [0.25, 0.3) is 0 Å². The molecule has 12 heavy (non-hydrogen) atoms. The van der Waals surface area contributed by atoms with E-state index in [-0.39, 0.29) is 0 Å². The van der Waals surface area contributed by atoms with Crippen LogP contribution >= 0.6 is 23.1 Å². The van der Waals surface area contributed by atoms with Gasteiger partial charge < -0.3 is 10.8 Å². The highest BCUT2D eigenvalue weighted by Crippen LogP contribution is 2.18. The fraction of sp³-hybridized carbons (Fsp3) is 0.400. The van der Waals surface area contributed by atoms with Crippen LogP contribution in [0, 0.1) is 0 Å². The predicted molar refractivity (Wildman–Crippen MR) is 46.2 cm³/mol. The molecule has 0 fully saturated rings. The summed E-state index contributed by atoms with van der Waals surface area (Å²) in [5.41, 5.74) is 6.86. The molecule has 1 rings (SSSR count). The second-order valence-corrected chi connectivity index (χ2v) is 4.06. The molecule has 0 saturated heterocycles. The van der Waals surface area contributed by atoms with Crippen molar-refractivity contribution >= 4 is 29.1 Å². The molecule has 1 aromatic rings. The molecule has 0 saturated carbocycles. The zero-order chi connectivity index (χ0) is 8.97. The van der Waals surface area contributed by atoms with E-state index in [4.69, 9.17) is 10.8 Å². The first-order valence-electron chi connectivity index (χ1n) is 3.07. The minimum atomic E-state index is -0.994. The molecule has 1 aromatic heterocycles. The smallest absolute Gasteiger partial charge is 0.321 e. The molecular formula is C5H7N3O2S2. The molecule has 3 N–H and O–H groups in total. The average molecular weight is 205 g/mol. The van der Waals surface area contributed by atoms with Crippen molar-refractivity contribution in [2.45, 2.75) is 10.4 Å². The van der Waals surface area contributed by atoms with Gasteiger partial charge in [-0.1, -0.05) is 23.1 Å². The molecular weight excluding hydrogens is 198 g/mol. The predicted octanol–water partition coefficient (Wildman–Crippen LogP) is 0.0421. The Morgan fingerprint density at radius 2 is 2.67 bits per heavy atom. The molecule has 0 aromatic carbocycles. The summed E-state index contributed by atoms with van der Waals surface area (Å²) in [6, 6.07) is -0.834. The van der Waals surface area contributed by atoms with Crippen molar-refractivity contribution in [3.8, 4) is 0 Å². The highest BCUT2D eigenvalue weighted by atomic mass is 32.2. The molecule has 0 bridgehead atoms. The zero-order valence-electron chi connectivity index (χ0n) is 6.01. The van der Waals surface area contributed by atoms with Gasteiger partial charge in [0.05, 0.1) is 0 Å². The lowest BCUT2D eigenvalue weighted by Crippen LogP contribution is -2.32. The standard InChI is InChI=1S/C5H7N3O2S2/c6-3(4(9)10)1-11-5-8-7-2-12-5/h2-3H,1,6H2,(H,9,10). The van der Waals surface area contributed by atoms with Gasteiger partial charge in [-0.15, -0.1) is 10.2 Å². The van der Waals surface area contributed by atoms with Crippen molar-refractivity contribution in [2.24, 2.45) is 5.73 Å². The Labute approximate surface area is 77.0 Å². The normalized spacial score (nSPS) is 12.8. The summed E-state index contributed by atoms with van der Waals surface area (Å²) >= 11 is 2.67. The van der Waals surface area contributed by atoms with Crippen LogP contribution in [0.1, 0.15) is 0 Å². The van der Waals surface area contributed by atoms with Gasteiger partial charge in [0.15, 0.2) is 4.34 Å². The van der Waals surface area contributed by atoms with E-state index in [0.29, 0.717) is 5.75 Å². The minimum Gasteiger partial charge on any atom is -0.480 e. The van der Waals surface area contributed by atoms with Gasteiger partial charge in [-0.05, 0) is 0 Å². The van der Waals surface area contributed by atoms with Gasteiger partial charge in [0.25, 0.3) is 0 Å². The number of hydrogen-bond acceptors (Lipinski definition) is 6. The zero-order valence-corrected chi connectivity index (χ0v) is 7.64. The number of aromatic nitrogens is 2. The van der Waals surface area contributed by atoms with Gasteiger partial charge in [0.1, 0.15) is 11.6 Å². The molecule has 1 heterocycles. The highest BCUT2D eigenvalue weighted by Gasteiger charge is 2.12. The summed E-state index contributed by atoms with van der Waals surface area (Å²) in [6.07, 6.45) is 0. The summed E-state index contributed by atoms with van der Waals surface area (Å²) in [7, 11) is 0. The first kappa shape index (κ1) is 9.43. The van der Waals surface area contributed by atoms with Gasteiger partial charge in [0, 0.05) is 5.75 Å². The molecule has 0 aliphatic carbocycles. The third-order valence-corrected chi connectivity index (χ3v) is 3.02. The van der Waals surface area contributed by atoms with Gasteiger partial charge in [-0.25, -0.2) is 0 Å². The van der Waals surface area contributed by atoms with Crippen LogP contribution in [0.3, 0.4) is 0 Å². The number of carboxylic acid groups (broad SMARTS) is 1. The molecule has 0 spiro atoms. The fourth-order valence-electron chi connectivity index (χ4n) is 0.458. The number of nitrogens with two attached hydrogens (primary N) is 1. The molecule has 0 aliphatic rings. The number of carboxylic acids is 1. The molecule has 0 radical (unpaired) electrons. The summed E-state index contributed by atoms with van der Waals surface area (Å²) in [6.45, 7) is 0. The minimum absolute atomic E-state index is 0.324. The number of nitrogens with zero attached hydrogens (tertiary/aromatic N) is 2. The Morgan fingerprint density at radius 1 is 1.92 bits per heavy atom. The molecule has 5 nitrogen and oxygen atoms in total. The van der Waals surface area contributed by atoms with Crippen LogP contribution < -0.4 is 5.73 Å². The van der Waals surface area contributed by atoms with Gasteiger partial charge in [-0.3, -0.25) is 4.79 Å². The van der Waals surface area contributed by atoms with Crippen LogP contribution in [0.5, 0.6) is 0 Å². The van der Waals surface area contributed by atoms with Crippen LogP contribution in [0.15, 0.2) is 9.85 Å². The third-order valence-electron chi connectivity index (χ3n) is 1.04. The van der Waals surface area contributed by atoms with Crippen LogP contribution in [-0.4, -0.2) is 33.1 Å². The number of thioether (sulfide) groups is 1. The lowest BCUT2D eigenvalue weighted by atomic mass is 10.4. The van der Waals surface area contributed by atoms with Crippen molar-refractivity contribution in [3.63, 3.8) is 0 Å². The Kier molecular flexibility index (Phi) is 3.45. The van der Waals surface area contributed by atoms with E-state index in [1.807, 2.05) is 0 Å². The Morgan fingerprint density at radius 3 is 3.17 bits per heavy atom. The largest absolute Gasteiger partial charge is 0.480 e. The van der Waals surface area contributed by atoms with E-state index in [2.05, 4.69) is 10.2 Å². The summed E-state index contributed by atoms with van der Waals surface area (Å²) in [5, 5.41) is 15.8. The van der Waals surface area contributed by atoms with Gasteiger partial charge in [-0.2, -0.15) is 0 Å². The lowest BCUT2D eigenvalue weighted by molar-refractivity contribution is -0.137. The van der Waals surface area contributed by atoms with Gasteiger partial charge >= 0.3 is 5.97 Å². The maximum absolute atomic E-state index is 10.3. The van der Waals surface area contributed by atoms with E-state index < -0.39 is 12.0 Å². The molecule has 1 atom stereocenters. The maximum Gasteiger partial charge on any atom is 0.321 e. The third kappa shape index (κ3) is 2.76. The first-order valence-corrected chi connectivity index (χ1v) is 4.94. The van der Waals surface area contributed by atoms with Crippen LogP contribution in [0.4, 0.5) is 0 Å². The number of carbonyl (C=O) groups is 1. The first-order chi connectivity index (χ1) is 5.70. The average Bonchev–Trinajstić information content (AvgIpc) is 2.51. The number of aliphatic carboxylic acids is 1. The van der Waals surface area contributed by atoms with E-state index >= 15 is 0 Å². The SMILES string of the molecule is NC(CSc1nncs1)C(=O)O. The van der Waals surface area contributed by atoms with Crippen molar-refractivity contribution in [3.05, 3.63) is 5.51 Å². The number of rotatable bonds is 4. The molecule has 1 unspecified atom stereocenters. The number of hydrogen-bond donors (Lipinski definition) is 2. The lowest BCUT2D eigenvalue weighted by Gasteiger charge is -2.01. The molecule has 7 heteroatoms. The second-order valence-electron chi connectivity index (χ2n) is 1.96. The maximum atomic E-state index is 10.3. The summed E-state index contributed by atoms with van der Waals surface area (Å²) in [4.78, 5) is 10.3. The second kappa shape index (κ2) is 4.39. The molecule has 0 aliphatic heterocycles. The topological polar surface area (TPSA) is 89.1 Å². The van der Waals surface area contributed by atoms with Crippen molar-refractivity contribution in [1.82, 2.24) is 10.2 Å². The van der Waals surface area contributed by atoms with Gasteiger partial charge in [0.2, 0.25) is 0 Å². The van der Waals surface area contributed by atoms with Crippen molar-refractivity contribution in [2.75, 3.05) is 5.75 Å². The summed E-state index contributed by atoms with van der Waals surface area (Å²) < 4.78 is 0.742. The molecule has 66 valence electrons. The van der Waals surface area contributed by atoms with Crippen LogP contribution in [0.2, 0.25) is 0 Å². The quantitative estimate of drug-likeness (QED) is 0.675. The fourth-order valence-corrected chi connectivity index (χ4v) is 1.91. The Balaban J connectivity index is 2.31. The Bertz CT molecular complexity index is 251. The van der Waals surface area contributed by atoms with E-state index in [1.165, 1.54) is 23.1 Å². The monoisotopic (exact) mass is 205 g/mol. The molecule has 0 amide bonds. The van der Waals surface area contributed by atoms with Crippen LogP contribution in [-0.2, 0) is 4.79 Å². The summed E-state index contributed by atoms with van der Waals surface area (Å²) in [5.74, 6) is -0.670. The highest BCUT2D eigenvalue weighted by molar-refractivity contribution is 8.01. The van der Waals surface area contributed by atoms with Crippen molar-refractivity contribution < 1.29 is 9.90 Å². The Hall–Kier alpha value is -0.660. The van der Waals surface area contributed by atoms with E-state index in [1.54, 1.807) is 5.51 Å². The van der Waals surface area contributed by atoms with Crippen molar-refractivity contribution in [1.29, 1.82) is 0 Å².